The normalized spacial score (nSPS) is 10.3. The van der Waals surface area contributed by atoms with Crippen LogP contribution in [0.4, 0.5) is 0 Å². The number of methoxy groups -OCH3 is 2. The Morgan fingerprint density at radius 2 is 1.43 bits per heavy atom. The molecule has 110 valence electrons. The number of ketones is 1. The highest BCUT2D eigenvalue weighted by atomic mass is 35.5. The van der Waals surface area contributed by atoms with Gasteiger partial charge < -0.3 is 9.47 Å². The fraction of sp³-hybridized carbons (Fsp3) is 0.133. The summed E-state index contributed by atoms with van der Waals surface area (Å²) in [5, 5.41) is 0.969. The van der Waals surface area contributed by atoms with E-state index < -0.39 is 0 Å². The van der Waals surface area contributed by atoms with Gasteiger partial charge in [0.25, 0.3) is 0 Å². The predicted octanol–water partition coefficient (Wildman–Crippen LogP) is 4.90. The Kier molecular flexibility index (Phi) is 4.99. The molecule has 0 heterocycles. The number of rotatable bonds is 4. The Morgan fingerprint density at radius 1 is 0.857 bits per heavy atom. The summed E-state index contributed by atoms with van der Waals surface area (Å²) in [6, 6.07) is 7.70. The first-order valence-corrected chi connectivity index (χ1v) is 7.02. The zero-order valence-electron chi connectivity index (χ0n) is 11.2. The molecule has 0 aliphatic heterocycles. The molecule has 0 amide bonds. The summed E-state index contributed by atoms with van der Waals surface area (Å²) < 4.78 is 10.3. The van der Waals surface area contributed by atoms with E-state index in [9.17, 15) is 4.79 Å². The van der Waals surface area contributed by atoms with Crippen LogP contribution in [0.1, 0.15) is 15.9 Å². The van der Waals surface area contributed by atoms with Crippen LogP contribution in [0.2, 0.25) is 15.1 Å². The van der Waals surface area contributed by atoms with Gasteiger partial charge in [-0.2, -0.15) is 0 Å². The minimum atomic E-state index is -0.317. The SMILES string of the molecule is COc1cc(Cl)c(C(=O)c2ccc(Cl)cc2Cl)cc1OC. The molecule has 0 unspecified atom stereocenters. The molecule has 0 radical (unpaired) electrons. The standard InChI is InChI=1S/C15H11Cl3O3/c1-20-13-6-10(12(18)7-14(13)21-2)15(19)9-4-3-8(16)5-11(9)17/h3-7H,1-2H3. The van der Waals surface area contributed by atoms with E-state index in [4.69, 9.17) is 44.3 Å². The first kappa shape index (κ1) is 16.0. The van der Waals surface area contributed by atoms with Gasteiger partial charge in [0, 0.05) is 22.2 Å². The Labute approximate surface area is 137 Å². The second-order valence-corrected chi connectivity index (χ2v) is 5.39. The van der Waals surface area contributed by atoms with Gasteiger partial charge in [-0.05, 0) is 24.3 Å². The number of hydrogen-bond donors (Lipinski definition) is 0. The van der Waals surface area contributed by atoms with Gasteiger partial charge in [-0.15, -0.1) is 0 Å². The maximum Gasteiger partial charge on any atom is 0.196 e. The van der Waals surface area contributed by atoms with Crippen molar-refractivity contribution in [1.82, 2.24) is 0 Å². The van der Waals surface area contributed by atoms with E-state index >= 15 is 0 Å². The highest BCUT2D eigenvalue weighted by Gasteiger charge is 2.19. The smallest absolute Gasteiger partial charge is 0.196 e. The van der Waals surface area contributed by atoms with Gasteiger partial charge in [0.05, 0.1) is 24.3 Å². The van der Waals surface area contributed by atoms with E-state index in [1.807, 2.05) is 0 Å². The van der Waals surface area contributed by atoms with Crippen molar-refractivity contribution in [2.24, 2.45) is 0 Å². The van der Waals surface area contributed by atoms with Crippen molar-refractivity contribution in [3.05, 3.63) is 56.5 Å². The van der Waals surface area contributed by atoms with Gasteiger partial charge >= 0.3 is 0 Å². The summed E-state index contributed by atoms with van der Waals surface area (Å²) in [4.78, 5) is 12.6. The number of carbonyl (C=O) groups is 1. The highest BCUT2D eigenvalue weighted by molar-refractivity contribution is 6.39. The second-order valence-electron chi connectivity index (χ2n) is 4.14. The summed E-state index contributed by atoms with van der Waals surface area (Å²) in [6.07, 6.45) is 0. The topological polar surface area (TPSA) is 35.5 Å². The fourth-order valence-electron chi connectivity index (χ4n) is 1.85. The minimum absolute atomic E-state index is 0.253. The first-order chi connectivity index (χ1) is 9.97. The zero-order valence-corrected chi connectivity index (χ0v) is 13.5. The van der Waals surface area contributed by atoms with Crippen molar-refractivity contribution in [2.75, 3.05) is 14.2 Å². The molecule has 0 saturated carbocycles. The average molecular weight is 346 g/mol. The molecule has 0 saturated heterocycles. The first-order valence-electron chi connectivity index (χ1n) is 5.89. The third-order valence-electron chi connectivity index (χ3n) is 2.89. The molecular formula is C15H11Cl3O3. The number of hydrogen-bond acceptors (Lipinski definition) is 3. The third kappa shape index (κ3) is 3.26. The van der Waals surface area contributed by atoms with Crippen molar-refractivity contribution in [1.29, 1.82) is 0 Å². The summed E-state index contributed by atoms with van der Waals surface area (Å²) in [7, 11) is 2.97. The number of halogens is 3. The quantitative estimate of drug-likeness (QED) is 0.740. The summed E-state index contributed by atoms with van der Waals surface area (Å²) in [5.41, 5.74) is 0.591. The van der Waals surface area contributed by atoms with Crippen molar-refractivity contribution >= 4 is 40.6 Å². The second kappa shape index (κ2) is 6.56. The Hall–Kier alpha value is -1.42. The van der Waals surface area contributed by atoms with Gasteiger partial charge in [0.1, 0.15) is 0 Å². The summed E-state index contributed by atoms with van der Waals surface area (Å²) >= 11 is 18.0. The van der Waals surface area contributed by atoms with Crippen LogP contribution in [0.5, 0.6) is 11.5 Å². The van der Waals surface area contributed by atoms with E-state index in [-0.39, 0.29) is 21.4 Å². The molecule has 0 N–H and O–H groups in total. The van der Waals surface area contributed by atoms with Crippen molar-refractivity contribution in [2.45, 2.75) is 0 Å². The van der Waals surface area contributed by atoms with Gasteiger partial charge in [-0.3, -0.25) is 4.79 Å². The summed E-state index contributed by atoms with van der Waals surface area (Å²) in [5.74, 6) is 0.541. The van der Waals surface area contributed by atoms with Gasteiger partial charge in [-0.1, -0.05) is 34.8 Å². The molecule has 0 spiro atoms. The van der Waals surface area contributed by atoms with Crippen LogP contribution < -0.4 is 9.47 Å². The van der Waals surface area contributed by atoms with Gasteiger partial charge in [0.15, 0.2) is 17.3 Å². The van der Waals surface area contributed by atoms with Crippen LogP contribution in [-0.2, 0) is 0 Å². The summed E-state index contributed by atoms with van der Waals surface area (Å²) in [6.45, 7) is 0. The molecular weight excluding hydrogens is 335 g/mol. The molecule has 0 aromatic heterocycles. The van der Waals surface area contributed by atoms with Crippen LogP contribution >= 0.6 is 34.8 Å². The van der Waals surface area contributed by atoms with E-state index in [0.29, 0.717) is 22.1 Å². The Morgan fingerprint density at radius 3 is 2.00 bits per heavy atom. The Balaban J connectivity index is 2.53. The van der Waals surface area contributed by atoms with Crippen molar-refractivity contribution < 1.29 is 14.3 Å². The molecule has 0 fully saturated rings. The zero-order chi connectivity index (χ0) is 15.6. The minimum Gasteiger partial charge on any atom is -0.493 e. The third-order valence-corrected chi connectivity index (χ3v) is 3.75. The number of carbonyl (C=O) groups excluding carboxylic acids is 1. The highest BCUT2D eigenvalue weighted by Crippen LogP contribution is 2.35. The maximum atomic E-state index is 12.6. The molecule has 3 nitrogen and oxygen atoms in total. The Bertz CT molecular complexity index is 699. The van der Waals surface area contributed by atoms with Crippen molar-refractivity contribution in [3.8, 4) is 11.5 Å². The van der Waals surface area contributed by atoms with E-state index in [1.54, 1.807) is 12.1 Å². The molecule has 0 bridgehead atoms. The molecule has 21 heavy (non-hydrogen) atoms. The van der Waals surface area contributed by atoms with Gasteiger partial charge in [-0.25, -0.2) is 0 Å². The van der Waals surface area contributed by atoms with Crippen LogP contribution in [0.15, 0.2) is 30.3 Å². The molecule has 0 aliphatic carbocycles. The average Bonchev–Trinajstić information content (AvgIpc) is 2.46. The number of benzene rings is 2. The predicted molar refractivity (Wildman–Crippen MR) is 84.5 cm³/mol. The lowest BCUT2D eigenvalue weighted by Crippen LogP contribution is -2.04. The molecule has 0 atom stereocenters. The molecule has 2 aromatic carbocycles. The monoisotopic (exact) mass is 344 g/mol. The molecule has 0 aliphatic rings. The van der Waals surface area contributed by atoms with Crippen molar-refractivity contribution in [3.63, 3.8) is 0 Å². The number of ether oxygens (including phenoxy) is 2. The fourth-order valence-corrected chi connectivity index (χ4v) is 2.58. The van der Waals surface area contributed by atoms with E-state index in [1.165, 1.54) is 32.4 Å². The molecule has 6 heteroatoms. The molecule has 2 rings (SSSR count). The van der Waals surface area contributed by atoms with Crippen LogP contribution in [0.3, 0.4) is 0 Å². The lowest BCUT2D eigenvalue weighted by atomic mass is 10.0. The molecule has 2 aromatic rings. The van der Waals surface area contributed by atoms with Crippen LogP contribution in [-0.4, -0.2) is 20.0 Å². The lowest BCUT2D eigenvalue weighted by Gasteiger charge is -2.11. The van der Waals surface area contributed by atoms with E-state index in [2.05, 4.69) is 0 Å². The largest absolute Gasteiger partial charge is 0.493 e. The van der Waals surface area contributed by atoms with Gasteiger partial charge in [0.2, 0.25) is 0 Å². The maximum absolute atomic E-state index is 12.6. The van der Waals surface area contributed by atoms with Crippen LogP contribution in [0, 0.1) is 0 Å². The van der Waals surface area contributed by atoms with Crippen LogP contribution in [0.25, 0.3) is 0 Å². The van der Waals surface area contributed by atoms with E-state index in [0.717, 1.165) is 0 Å². The lowest BCUT2D eigenvalue weighted by molar-refractivity contribution is 0.103.